The fourth-order valence-corrected chi connectivity index (χ4v) is 3.60. The van der Waals surface area contributed by atoms with E-state index in [1.165, 1.54) is 18.4 Å². The standard InChI is InChI=1S/C18H23BrN4/c1-14-8-9-20-18(21-14)22(2)17-7-4-10-23(13-17)12-15-5-3-6-16(19)11-15/h3,5-6,8-9,11,17H,4,7,10,12-13H2,1-2H3. The molecule has 0 radical (unpaired) electrons. The van der Waals surface area contributed by atoms with Crippen LogP contribution in [0.2, 0.25) is 0 Å². The Morgan fingerprint density at radius 3 is 3.00 bits per heavy atom. The molecular weight excluding hydrogens is 352 g/mol. The molecule has 0 amide bonds. The van der Waals surface area contributed by atoms with Crippen LogP contribution < -0.4 is 4.90 Å². The van der Waals surface area contributed by atoms with E-state index in [1.807, 2.05) is 19.2 Å². The predicted molar refractivity (Wildman–Crippen MR) is 97.6 cm³/mol. The Hall–Kier alpha value is -1.46. The fourth-order valence-electron chi connectivity index (χ4n) is 3.15. The smallest absolute Gasteiger partial charge is 0.225 e. The molecule has 1 aromatic carbocycles. The largest absolute Gasteiger partial charge is 0.340 e. The summed E-state index contributed by atoms with van der Waals surface area (Å²) in [4.78, 5) is 13.8. The van der Waals surface area contributed by atoms with E-state index < -0.39 is 0 Å². The van der Waals surface area contributed by atoms with Gasteiger partial charge in [0, 0.05) is 42.5 Å². The predicted octanol–water partition coefficient (Wildman–Crippen LogP) is 3.65. The number of hydrogen-bond donors (Lipinski definition) is 0. The molecule has 1 aromatic heterocycles. The van der Waals surface area contributed by atoms with Gasteiger partial charge in [-0.25, -0.2) is 9.97 Å². The van der Waals surface area contributed by atoms with Crippen molar-refractivity contribution in [3.63, 3.8) is 0 Å². The average molecular weight is 375 g/mol. The van der Waals surface area contributed by atoms with Crippen molar-refractivity contribution < 1.29 is 0 Å². The molecule has 122 valence electrons. The van der Waals surface area contributed by atoms with Crippen LogP contribution in [0, 0.1) is 6.92 Å². The van der Waals surface area contributed by atoms with Gasteiger partial charge in [0.15, 0.2) is 0 Å². The third kappa shape index (κ3) is 4.30. The number of hydrogen-bond acceptors (Lipinski definition) is 4. The van der Waals surface area contributed by atoms with E-state index in [0.717, 1.165) is 35.7 Å². The summed E-state index contributed by atoms with van der Waals surface area (Å²) in [7, 11) is 2.11. The maximum atomic E-state index is 4.56. The zero-order valence-corrected chi connectivity index (χ0v) is 15.3. The van der Waals surface area contributed by atoms with Gasteiger partial charge in [0.25, 0.3) is 0 Å². The van der Waals surface area contributed by atoms with Crippen molar-refractivity contribution in [3.8, 4) is 0 Å². The summed E-state index contributed by atoms with van der Waals surface area (Å²) in [5.41, 5.74) is 2.37. The Balaban J connectivity index is 1.66. The van der Waals surface area contributed by atoms with Gasteiger partial charge in [0.05, 0.1) is 0 Å². The third-order valence-corrected chi connectivity index (χ3v) is 4.91. The lowest BCUT2D eigenvalue weighted by Crippen LogP contribution is -2.46. The maximum absolute atomic E-state index is 4.56. The number of piperidine rings is 1. The molecule has 1 saturated heterocycles. The molecule has 1 aliphatic heterocycles. The molecule has 0 N–H and O–H groups in total. The van der Waals surface area contributed by atoms with Crippen LogP contribution in [0.5, 0.6) is 0 Å². The Morgan fingerprint density at radius 1 is 1.35 bits per heavy atom. The second kappa shape index (κ2) is 7.41. The van der Waals surface area contributed by atoms with Crippen LogP contribution >= 0.6 is 15.9 Å². The number of likely N-dealkylation sites (tertiary alicyclic amines) is 1. The summed E-state index contributed by atoms with van der Waals surface area (Å²) >= 11 is 3.56. The average Bonchev–Trinajstić information content (AvgIpc) is 2.54. The first kappa shape index (κ1) is 16.4. The highest BCUT2D eigenvalue weighted by Crippen LogP contribution is 2.21. The molecule has 1 aliphatic rings. The van der Waals surface area contributed by atoms with Crippen LogP contribution in [0.4, 0.5) is 5.95 Å². The van der Waals surface area contributed by atoms with Crippen LogP contribution in [0.3, 0.4) is 0 Å². The fraction of sp³-hybridized carbons (Fsp3) is 0.444. The van der Waals surface area contributed by atoms with Crippen molar-refractivity contribution >= 4 is 21.9 Å². The van der Waals surface area contributed by atoms with Crippen LogP contribution in [-0.2, 0) is 6.54 Å². The quantitative estimate of drug-likeness (QED) is 0.817. The molecule has 1 atom stereocenters. The highest BCUT2D eigenvalue weighted by molar-refractivity contribution is 9.10. The third-order valence-electron chi connectivity index (χ3n) is 4.42. The van der Waals surface area contributed by atoms with E-state index >= 15 is 0 Å². The van der Waals surface area contributed by atoms with Crippen molar-refractivity contribution in [1.29, 1.82) is 0 Å². The summed E-state index contributed by atoms with van der Waals surface area (Å²) in [5, 5.41) is 0. The number of benzene rings is 1. The topological polar surface area (TPSA) is 32.3 Å². The second-order valence-corrected chi connectivity index (χ2v) is 7.19. The lowest BCUT2D eigenvalue weighted by atomic mass is 10.0. The zero-order valence-electron chi connectivity index (χ0n) is 13.7. The van der Waals surface area contributed by atoms with Gasteiger partial charge >= 0.3 is 0 Å². The lowest BCUT2D eigenvalue weighted by Gasteiger charge is -2.37. The minimum Gasteiger partial charge on any atom is -0.340 e. The van der Waals surface area contributed by atoms with E-state index in [0.29, 0.717) is 6.04 Å². The highest BCUT2D eigenvalue weighted by Gasteiger charge is 2.24. The van der Waals surface area contributed by atoms with Crippen molar-refractivity contribution in [1.82, 2.24) is 14.9 Å². The van der Waals surface area contributed by atoms with Gasteiger partial charge in [-0.15, -0.1) is 0 Å². The van der Waals surface area contributed by atoms with Gasteiger partial charge in [-0.1, -0.05) is 28.1 Å². The van der Waals surface area contributed by atoms with E-state index in [9.17, 15) is 0 Å². The summed E-state index contributed by atoms with van der Waals surface area (Å²) < 4.78 is 1.15. The van der Waals surface area contributed by atoms with Gasteiger partial charge in [-0.2, -0.15) is 0 Å². The Labute approximate surface area is 146 Å². The maximum Gasteiger partial charge on any atom is 0.225 e. The first-order valence-corrected chi connectivity index (χ1v) is 8.90. The molecule has 0 spiro atoms. The van der Waals surface area contributed by atoms with Gasteiger partial charge in [0.2, 0.25) is 5.95 Å². The highest BCUT2D eigenvalue weighted by atomic mass is 79.9. The molecule has 1 unspecified atom stereocenters. The van der Waals surface area contributed by atoms with E-state index in [-0.39, 0.29) is 0 Å². The SMILES string of the molecule is Cc1ccnc(N(C)C2CCCN(Cc3cccc(Br)c3)C2)n1. The van der Waals surface area contributed by atoms with E-state index in [2.05, 4.69) is 67.0 Å². The van der Waals surface area contributed by atoms with E-state index in [1.54, 1.807) is 0 Å². The van der Waals surface area contributed by atoms with Gasteiger partial charge in [0.1, 0.15) is 0 Å². The lowest BCUT2D eigenvalue weighted by molar-refractivity contribution is 0.198. The number of aryl methyl sites for hydroxylation is 1. The number of aromatic nitrogens is 2. The Morgan fingerprint density at radius 2 is 2.22 bits per heavy atom. The van der Waals surface area contributed by atoms with Gasteiger partial charge < -0.3 is 4.90 Å². The van der Waals surface area contributed by atoms with Crippen LogP contribution in [-0.4, -0.2) is 41.0 Å². The number of nitrogens with zero attached hydrogens (tertiary/aromatic N) is 4. The molecule has 1 fully saturated rings. The first-order valence-electron chi connectivity index (χ1n) is 8.11. The monoisotopic (exact) mass is 374 g/mol. The van der Waals surface area contributed by atoms with Crippen LogP contribution in [0.15, 0.2) is 41.0 Å². The second-order valence-electron chi connectivity index (χ2n) is 6.27. The van der Waals surface area contributed by atoms with Crippen LogP contribution in [0.25, 0.3) is 0 Å². The molecule has 3 rings (SSSR count). The van der Waals surface area contributed by atoms with E-state index in [4.69, 9.17) is 0 Å². The van der Waals surface area contributed by atoms with Gasteiger partial charge in [-0.05, 0) is 50.1 Å². The minimum atomic E-state index is 0.470. The molecule has 0 aliphatic carbocycles. The van der Waals surface area contributed by atoms with Crippen molar-refractivity contribution in [2.75, 3.05) is 25.0 Å². The molecule has 0 saturated carbocycles. The van der Waals surface area contributed by atoms with Crippen molar-refractivity contribution in [3.05, 3.63) is 52.3 Å². The Kier molecular flexibility index (Phi) is 5.28. The molecule has 2 aromatic rings. The zero-order chi connectivity index (χ0) is 16.2. The summed E-state index contributed by atoms with van der Waals surface area (Å²) in [5.74, 6) is 0.833. The summed E-state index contributed by atoms with van der Waals surface area (Å²) in [6.45, 7) is 5.23. The van der Waals surface area contributed by atoms with Crippen molar-refractivity contribution in [2.45, 2.75) is 32.4 Å². The number of rotatable bonds is 4. The van der Waals surface area contributed by atoms with Crippen LogP contribution in [0.1, 0.15) is 24.1 Å². The molecule has 2 heterocycles. The molecule has 0 bridgehead atoms. The molecule has 23 heavy (non-hydrogen) atoms. The molecule has 5 heteroatoms. The Bertz CT molecular complexity index is 661. The number of likely N-dealkylation sites (N-methyl/N-ethyl adjacent to an activating group) is 1. The van der Waals surface area contributed by atoms with Gasteiger partial charge in [-0.3, -0.25) is 4.90 Å². The van der Waals surface area contributed by atoms with Crippen molar-refractivity contribution in [2.24, 2.45) is 0 Å². The summed E-state index contributed by atoms with van der Waals surface area (Å²) in [6.07, 6.45) is 4.26. The summed E-state index contributed by atoms with van der Waals surface area (Å²) in [6, 6.07) is 11.0. The number of anilines is 1. The number of halogens is 1. The first-order chi connectivity index (χ1) is 11.1. The normalized spacial score (nSPS) is 18.8. The minimum absolute atomic E-state index is 0.470. The molecular formula is C18H23BrN4. The molecule has 4 nitrogen and oxygen atoms in total.